The van der Waals surface area contributed by atoms with Crippen LogP contribution in [0.1, 0.15) is 5.56 Å². The zero-order valence-corrected chi connectivity index (χ0v) is 12.1. The van der Waals surface area contributed by atoms with Gasteiger partial charge in [0.1, 0.15) is 0 Å². The van der Waals surface area contributed by atoms with E-state index in [-0.39, 0.29) is 12.5 Å². The van der Waals surface area contributed by atoms with Gasteiger partial charge in [0.2, 0.25) is 5.91 Å². The molecule has 104 valence electrons. The Morgan fingerprint density at radius 1 is 1.25 bits per heavy atom. The fourth-order valence-corrected chi connectivity index (χ4v) is 1.93. The van der Waals surface area contributed by atoms with Gasteiger partial charge in [-0.05, 0) is 29.8 Å². The molecule has 0 radical (unpaired) electrons. The minimum Gasteiger partial charge on any atom is -0.375 e. The molecule has 6 heteroatoms. The van der Waals surface area contributed by atoms with Crippen molar-refractivity contribution in [3.63, 3.8) is 0 Å². The number of nitrogens with zero attached hydrogens (tertiary/aromatic N) is 1. The second kappa shape index (κ2) is 7.12. The number of anilines is 1. The molecule has 0 atom stereocenters. The Morgan fingerprint density at radius 3 is 2.85 bits per heavy atom. The van der Waals surface area contributed by atoms with E-state index in [1.54, 1.807) is 30.6 Å². The Morgan fingerprint density at radius 2 is 2.10 bits per heavy atom. The molecule has 2 aromatic rings. The summed E-state index contributed by atoms with van der Waals surface area (Å²) in [5.74, 6) is -0.134. The molecule has 0 aliphatic heterocycles. The number of benzene rings is 1. The molecule has 20 heavy (non-hydrogen) atoms. The van der Waals surface area contributed by atoms with Gasteiger partial charge in [-0.15, -0.1) is 0 Å². The average Bonchev–Trinajstić information content (AvgIpc) is 2.47. The number of amides is 1. The predicted octanol–water partition coefficient (Wildman–Crippen LogP) is 3.12. The summed E-state index contributed by atoms with van der Waals surface area (Å²) < 4.78 is 0. The first-order valence-electron chi connectivity index (χ1n) is 5.99. The van der Waals surface area contributed by atoms with Crippen molar-refractivity contribution in [3.8, 4) is 0 Å². The van der Waals surface area contributed by atoms with Crippen LogP contribution in [0.3, 0.4) is 0 Å². The van der Waals surface area contributed by atoms with Gasteiger partial charge in [-0.2, -0.15) is 0 Å². The number of halogens is 2. The van der Waals surface area contributed by atoms with Crippen LogP contribution in [0, 0.1) is 0 Å². The van der Waals surface area contributed by atoms with E-state index in [9.17, 15) is 4.79 Å². The highest BCUT2D eigenvalue weighted by molar-refractivity contribution is 6.35. The second-order valence-electron chi connectivity index (χ2n) is 4.12. The molecule has 0 saturated carbocycles. The fraction of sp³-hybridized carbons (Fsp3) is 0.143. The van der Waals surface area contributed by atoms with Crippen LogP contribution < -0.4 is 10.6 Å². The molecule has 1 heterocycles. The smallest absolute Gasteiger partial charge is 0.239 e. The van der Waals surface area contributed by atoms with Crippen molar-refractivity contribution in [2.45, 2.75) is 6.54 Å². The highest BCUT2D eigenvalue weighted by Gasteiger charge is 2.04. The molecule has 0 aliphatic rings. The highest BCUT2D eigenvalue weighted by atomic mass is 35.5. The normalized spacial score (nSPS) is 10.1. The van der Waals surface area contributed by atoms with E-state index in [0.29, 0.717) is 22.3 Å². The molecule has 2 rings (SSSR count). The van der Waals surface area contributed by atoms with Crippen LogP contribution in [0.4, 0.5) is 5.69 Å². The predicted molar refractivity (Wildman–Crippen MR) is 81.0 cm³/mol. The van der Waals surface area contributed by atoms with E-state index in [4.69, 9.17) is 23.2 Å². The SMILES string of the molecule is O=C(CNc1cc(Cl)ccc1Cl)NCc1cccnc1. The third kappa shape index (κ3) is 4.40. The van der Waals surface area contributed by atoms with Crippen molar-refractivity contribution >= 4 is 34.8 Å². The van der Waals surface area contributed by atoms with Gasteiger partial charge in [0.15, 0.2) is 0 Å². The van der Waals surface area contributed by atoms with Crippen molar-refractivity contribution in [1.29, 1.82) is 0 Å². The lowest BCUT2D eigenvalue weighted by Crippen LogP contribution is -2.29. The summed E-state index contributed by atoms with van der Waals surface area (Å²) >= 11 is 11.9. The van der Waals surface area contributed by atoms with Crippen LogP contribution in [0.5, 0.6) is 0 Å². The lowest BCUT2D eigenvalue weighted by Gasteiger charge is -2.09. The Bertz CT molecular complexity index is 590. The topological polar surface area (TPSA) is 54.0 Å². The van der Waals surface area contributed by atoms with E-state index in [1.807, 2.05) is 12.1 Å². The van der Waals surface area contributed by atoms with Gasteiger partial charge in [0, 0.05) is 24.0 Å². The number of hydrogen-bond acceptors (Lipinski definition) is 3. The molecule has 1 aromatic carbocycles. The first kappa shape index (κ1) is 14.6. The Balaban J connectivity index is 1.82. The fourth-order valence-electron chi connectivity index (χ4n) is 1.57. The monoisotopic (exact) mass is 309 g/mol. The second-order valence-corrected chi connectivity index (χ2v) is 4.96. The Hall–Kier alpha value is -1.78. The molecule has 2 N–H and O–H groups in total. The zero-order valence-electron chi connectivity index (χ0n) is 10.6. The summed E-state index contributed by atoms with van der Waals surface area (Å²) in [4.78, 5) is 15.7. The van der Waals surface area contributed by atoms with Crippen molar-refractivity contribution in [3.05, 3.63) is 58.3 Å². The third-order valence-electron chi connectivity index (χ3n) is 2.58. The number of rotatable bonds is 5. The number of hydrogen-bond donors (Lipinski definition) is 2. The number of pyridine rings is 1. The van der Waals surface area contributed by atoms with Crippen LogP contribution in [-0.2, 0) is 11.3 Å². The van der Waals surface area contributed by atoms with Crippen molar-refractivity contribution in [1.82, 2.24) is 10.3 Å². The van der Waals surface area contributed by atoms with E-state index in [0.717, 1.165) is 5.56 Å². The minimum atomic E-state index is -0.134. The average molecular weight is 310 g/mol. The summed E-state index contributed by atoms with van der Waals surface area (Å²) in [7, 11) is 0. The standard InChI is InChI=1S/C14H13Cl2N3O/c15-11-3-4-12(16)13(6-11)18-9-14(20)19-8-10-2-1-5-17-7-10/h1-7,18H,8-9H2,(H,19,20). The van der Waals surface area contributed by atoms with E-state index in [2.05, 4.69) is 15.6 Å². The number of aromatic nitrogens is 1. The largest absolute Gasteiger partial charge is 0.375 e. The number of carbonyl (C=O) groups is 1. The van der Waals surface area contributed by atoms with Crippen molar-refractivity contribution in [2.75, 3.05) is 11.9 Å². The maximum atomic E-state index is 11.7. The molecular formula is C14H13Cl2N3O. The van der Waals surface area contributed by atoms with E-state index in [1.165, 1.54) is 0 Å². The Kier molecular flexibility index (Phi) is 5.21. The molecular weight excluding hydrogens is 297 g/mol. The minimum absolute atomic E-state index is 0.125. The van der Waals surface area contributed by atoms with Gasteiger partial charge >= 0.3 is 0 Å². The van der Waals surface area contributed by atoms with Crippen LogP contribution in [0.2, 0.25) is 10.0 Å². The van der Waals surface area contributed by atoms with Gasteiger partial charge in [0.05, 0.1) is 17.3 Å². The summed E-state index contributed by atoms with van der Waals surface area (Å²) in [6.45, 7) is 0.567. The maximum Gasteiger partial charge on any atom is 0.239 e. The van der Waals surface area contributed by atoms with Gasteiger partial charge < -0.3 is 10.6 Å². The molecule has 0 saturated heterocycles. The van der Waals surface area contributed by atoms with Gasteiger partial charge in [-0.1, -0.05) is 29.3 Å². The van der Waals surface area contributed by atoms with Crippen LogP contribution in [0.15, 0.2) is 42.7 Å². The lowest BCUT2D eigenvalue weighted by atomic mass is 10.3. The maximum absolute atomic E-state index is 11.7. The summed E-state index contributed by atoms with van der Waals surface area (Å²) in [6, 6.07) is 8.77. The molecule has 0 aliphatic carbocycles. The quantitative estimate of drug-likeness (QED) is 0.892. The molecule has 0 bridgehead atoms. The molecule has 0 spiro atoms. The Labute approximate surface area is 127 Å². The summed E-state index contributed by atoms with van der Waals surface area (Å²) in [5.41, 5.74) is 1.58. The van der Waals surface area contributed by atoms with Gasteiger partial charge in [0.25, 0.3) is 0 Å². The summed E-state index contributed by atoms with van der Waals surface area (Å²) in [5, 5.41) is 6.82. The molecule has 1 aromatic heterocycles. The van der Waals surface area contributed by atoms with E-state index < -0.39 is 0 Å². The van der Waals surface area contributed by atoms with Crippen LogP contribution in [-0.4, -0.2) is 17.4 Å². The molecule has 4 nitrogen and oxygen atoms in total. The molecule has 0 fully saturated rings. The lowest BCUT2D eigenvalue weighted by molar-refractivity contribution is -0.119. The van der Waals surface area contributed by atoms with Crippen LogP contribution >= 0.6 is 23.2 Å². The number of nitrogens with one attached hydrogen (secondary N) is 2. The molecule has 1 amide bonds. The zero-order chi connectivity index (χ0) is 14.4. The van der Waals surface area contributed by atoms with Crippen molar-refractivity contribution in [2.24, 2.45) is 0 Å². The highest BCUT2D eigenvalue weighted by Crippen LogP contribution is 2.24. The third-order valence-corrected chi connectivity index (χ3v) is 3.14. The van der Waals surface area contributed by atoms with Gasteiger partial charge in [-0.3, -0.25) is 9.78 Å². The summed E-state index contributed by atoms with van der Waals surface area (Å²) in [6.07, 6.45) is 3.40. The van der Waals surface area contributed by atoms with E-state index >= 15 is 0 Å². The molecule has 0 unspecified atom stereocenters. The first-order chi connectivity index (χ1) is 9.65. The number of carbonyl (C=O) groups excluding carboxylic acids is 1. The van der Waals surface area contributed by atoms with Crippen LogP contribution in [0.25, 0.3) is 0 Å². The first-order valence-corrected chi connectivity index (χ1v) is 6.75. The van der Waals surface area contributed by atoms with Crippen molar-refractivity contribution < 1.29 is 4.79 Å². The van der Waals surface area contributed by atoms with Gasteiger partial charge in [-0.25, -0.2) is 0 Å².